The second-order valence-electron chi connectivity index (χ2n) is 6.58. The van der Waals surface area contributed by atoms with E-state index in [0.717, 1.165) is 32.0 Å². The Morgan fingerprint density at radius 1 is 0.964 bits per heavy atom. The van der Waals surface area contributed by atoms with Gasteiger partial charge in [-0.25, -0.2) is 9.69 Å². The minimum absolute atomic E-state index is 0.265. The van der Waals surface area contributed by atoms with Crippen LogP contribution in [0.1, 0.15) is 17.0 Å². The molecule has 1 aliphatic heterocycles. The van der Waals surface area contributed by atoms with E-state index >= 15 is 0 Å². The fourth-order valence-electron chi connectivity index (χ4n) is 3.44. The highest BCUT2D eigenvalue weighted by Crippen LogP contribution is 2.28. The Labute approximate surface area is 171 Å². The van der Waals surface area contributed by atoms with Gasteiger partial charge in [0, 0.05) is 15.9 Å². The van der Waals surface area contributed by atoms with E-state index in [9.17, 15) is 9.59 Å². The lowest BCUT2D eigenvalue weighted by molar-refractivity contribution is -0.113. The van der Waals surface area contributed by atoms with Crippen molar-refractivity contribution in [3.63, 3.8) is 0 Å². The van der Waals surface area contributed by atoms with E-state index in [1.807, 2.05) is 50.2 Å². The molecule has 3 amide bonds. The summed E-state index contributed by atoms with van der Waals surface area (Å²) >= 11 is 3.60. The number of para-hydroxylation sites is 2. The monoisotopic (exact) mass is 435 g/mol. The molecule has 3 aromatic rings. The number of carbonyl (C=O) groups excluding carboxylic acids is 2. The summed E-state index contributed by atoms with van der Waals surface area (Å²) in [6.45, 7) is 4.01. The van der Waals surface area contributed by atoms with Crippen molar-refractivity contribution in [3.05, 3.63) is 87.8 Å². The van der Waals surface area contributed by atoms with Crippen molar-refractivity contribution in [1.29, 1.82) is 0 Å². The van der Waals surface area contributed by atoms with Gasteiger partial charge in [-0.15, -0.1) is 0 Å². The fourth-order valence-corrected chi connectivity index (χ4v) is 3.90. The summed E-state index contributed by atoms with van der Waals surface area (Å²) < 4.78 is 3.10. The minimum Gasteiger partial charge on any atom is -0.317 e. The molecule has 0 atom stereocenters. The van der Waals surface area contributed by atoms with E-state index in [2.05, 4.69) is 25.8 Å². The summed E-state index contributed by atoms with van der Waals surface area (Å²) in [7, 11) is 0. The SMILES string of the molecule is Cc1cc(/C=C2/NC(=O)N(c3ccccc3)C2=O)c(C)n1-c1ccccc1Br. The molecule has 4 rings (SSSR count). The molecule has 1 aromatic heterocycles. The molecule has 0 spiro atoms. The van der Waals surface area contributed by atoms with E-state index in [1.165, 1.54) is 0 Å². The van der Waals surface area contributed by atoms with Crippen LogP contribution in [0, 0.1) is 13.8 Å². The van der Waals surface area contributed by atoms with Gasteiger partial charge in [-0.2, -0.15) is 0 Å². The fraction of sp³-hybridized carbons (Fsp3) is 0.0909. The van der Waals surface area contributed by atoms with Gasteiger partial charge in [0.2, 0.25) is 0 Å². The number of urea groups is 1. The van der Waals surface area contributed by atoms with Crippen molar-refractivity contribution in [1.82, 2.24) is 9.88 Å². The maximum atomic E-state index is 12.8. The highest BCUT2D eigenvalue weighted by Gasteiger charge is 2.34. The summed E-state index contributed by atoms with van der Waals surface area (Å²) in [6.07, 6.45) is 1.73. The first kappa shape index (κ1) is 18.3. The molecular weight excluding hydrogens is 418 g/mol. The molecule has 28 heavy (non-hydrogen) atoms. The average Bonchev–Trinajstić information content (AvgIpc) is 3.12. The molecule has 0 bridgehead atoms. The number of imide groups is 1. The van der Waals surface area contributed by atoms with Crippen LogP contribution in [0.3, 0.4) is 0 Å². The van der Waals surface area contributed by atoms with E-state index < -0.39 is 6.03 Å². The Morgan fingerprint density at radius 2 is 1.64 bits per heavy atom. The molecule has 0 unspecified atom stereocenters. The first-order chi connectivity index (χ1) is 13.5. The number of hydrogen-bond acceptors (Lipinski definition) is 2. The Morgan fingerprint density at radius 3 is 2.36 bits per heavy atom. The number of halogens is 1. The molecule has 1 aliphatic rings. The third-order valence-electron chi connectivity index (χ3n) is 4.76. The third kappa shape index (κ3) is 3.05. The van der Waals surface area contributed by atoms with Crippen LogP contribution in [0.5, 0.6) is 0 Å². The van der Waals surface area contributed by atoms with Crippen LogP contribution in [-0.4, -0.2) is 16.5 Å². The number of aromatic nitrogens is 1. The van der Waals surface area contributed by atoms with Gasteiger partial charge in [0.1, 0.15) is 5.70 Å². The lowest BCUT2D eigenvalue weighted by Crippen LogP contribution is -2.30. The minimum atomic E-state index is -0.443. The lowest BCUT2D eigenvalue weighted by Gasteiger charge is -2.11. The Hall–Kier alpha value is -3.12. The Kier molecular flexibility index (Phi) is 4.65. The zero-order valence-corrected chi connectivity index (χ0v) is 17.0. The van der Waals surface area contributed by atoms with E-state index in [4.69, 9.17) is 0 Å². The molecule has 1 fully saturated rings. The smallest absolute Gasteiger partial charge is 0.317 e. The molecule has 6 heteroatoms. The maximum Gasteiger partial charge on any atom is 0.333 e. The second kappa shape index (κ2) is 7.13. The molecule has 0 radical (unpaired) electrons. The van der Waals surface area contributed by atoms with Crippen molar-refractivity contribution in [2.24, 2.45) is 0 Å². The molecule has 1 saturated heterocycles. The third-order valence-corrected chi connectivity index (χ3v) is 5.43. The number of aryl methyl sites for hydroxylation is 1. The molecule has 0 saturated carbocycles. The van der Waals surface area contributed by atoms with Crippen LogP contribution < -0.4 is 10.2 Å². The number of carbonyl (C=O) groups is 2. The predicted octanol–water partition coefficient (Wildman–Crippen LogP) is 4.95. The van der Waals surface area contributed by atoms with Crippen LogP contribution in [0.4, 0.5) is 10.5 Å². The molecule has 2 heterocycles. The lowest BCUT2D eigenvalue weighted by atomic mass is 10.2. The van der Waals surface area contributed by atoms with E-state index in [1.54, 1.807) is 30.3 Å². The summed E-state index contributed by atoms with van der Waals surface area (Å²) in [6, 6.07) is 18.4. The van der Waals surface area contributed by atoms with Gasteiger partial charge in [-0.05, 0) is 71.7 Å². The normalized spacial score (nSPS) is 15.4. The zero-order valence-electron chi connectivity index (χ0n) is 15.4. The van der Waals surface area contributed by atoms with Crippen LogP contribution in [0.2, 0.25) is 0 Å². The number of benzene rings is 2. The number of anilines is 1. The largest absolute Gasteiger partial charge is 0.333 e. The highest BCUT2D eigenvalue weighted by atomic mass is 79.9. The van der Waals surface area contributed by atoms with Crippen LogP contribution in [0.25, 0.3) is 11.8 Å². The number of nitrogens with one attached hydrogen (secondary N) is 1. The summed E-state index contributed by atoms with van der Waals surface area (Å²) in [5.41, 5.74) is 4.74. The van der Waals surface area contributed by atoms with Gasteiger partial charge in [0.05, 0.1) is 11.4 Å². The topological polar surface area (TPSA) is 54.3 Å². The summed E-state index contributed by atoms with van der Waals surface area (Å²) in [4.78, 5) is 26.3. The summed E-state index contributed by atoms with van der Waals surface area (Å²) in [5, 5.41) is 2.69. The van der Waals surface area contributed by atoms with Crippen LogP contribution in [-0.2, 0) is 4.79 Å². The highest BCUT2D eigenvalue weighted by molar-refractivity contribution is 9.10. The van der Waals surface area contributed by atoms with Gasteiger partial charge in [0.15, 0.2) is 0 Å². The number of hydrogen-bond donors (Lipinski definition) is 1. The Bertz CT molecular complexity index is 1120. The molecule has 1 N–H and O–H groups in total. The van der Waals surface area contributed by atoms with Crippen molar-refractivity contribution >= 4 is 39.6 Å². The van der Waals surface area contributed by atoms with Gasteiger partial charge < -0.3 is 9.88 Å². The predicted molar refractivity (Wildman–Crippen MR) is 113 cm³/mol. The van der Waals surface area contributed by atoms with Gasteiger partial charge >= 0.3 is 6.03 Å². The molecule has 0 aliphatic carbocycles. The van der Waals surface area contributed by atoms with Crippen molar-refractivity contribution < 1.29 is 9.59 Å². The van der Waals surface area contributed by atoms with Crippen molar-refractivity contribution in [3.8, 4) is 5.69 Å². The molecular formula is C22H18BrN3O2. The van der Waals surface area contributed by atoms with Gasteiger partial charge in [-0.1, -0.05) is 30.3 Å². The molecule has 140 valence electrons. The number of amides is 3. The van der Waals surface area contributed by atoms with Gasteiger partial charge in [-0.3, -0.25) is 4.79 Å². The first-order valence-corrected chi connectivity index (χ1v) is 9.62. The quantitative estimate of drug-likeness (QED) is 0.467. The van der Waals surface area contributed by atoms with Gasteiger partial charge in [0.25, 0.3) is 5.91 Å². The standard InChI is InChI=1S/C22H18BrN3O2/c1-14-12-16(15(2)25(14)20-11-7-6-10-18(20)23)13-19-21(27)26(22(28)24-19)17-8-4-3-5-9-17/h3-13H,1-2H3,(H,24,28)/b19-13+. The van der Waals surface area contributed by atoms with Crippen molar-refractivity contribution in [2.75, 3.05) is 4.90 Å². The average molecular weight is 436 g/mol. The van der Waals surface area contributed by atoms with E-state index in [-0.39, 0.29) is 11.6 Å². The first-order valence-electron chi connectivity index (χ1n) is 8.83. The Balaban J connectivity index is 1.73. The number of rotatable bonds is 3. The number of nitrogens with zero attached hydrogens (tertiary/aromatic N) is 2. The van der Waals surface area contributed by atoms with E-state index in [0.29, 0.717) is 5.69 Å². The van der Waals surface area contributed by atoms with Crippen LogP contribution in [0.15, 0.2) is 70.8 Å². The van der Waals surface area contributed by atoms with Crippen molar-refractivity contribution in [2.45, 2.75) is 13.8 Å². The summed E-state index contributed by atoms with van der Waals surface area (Å²) in [5.74, 6) is -0.359. The molecule has 5 nitrogen and oxygen atoms in total. The molecule has 2 aromatic carbocycles. The second-order valence-corrected chi connectivity index (χ2v) is 7.43. The van der Waals surface area contributed by atoms with Crippen LogP contribution >= 0.6 is 15.9 Å². The maximum absolute atomic E-state index is 12.8. The zero-order chi connectivity index (χ0) is 19.8.